The van der Waals surface area contributed by atoms with Gasteiger partial charge >= 0.3 is 11.8 Å². The maximum absolute atomic E-state index is 11.9. The topological polar surface area (TPSA) is 100 Å². The molecular formula is C19H26N4O4. The highest BCUT2D eigenvalue weighted by molar-refractivity contribution is 6.35. The van der Waals surface area contributed by atoms with Gasteiger partial charge in [0.15, 0.2) is 6.61 Å². The van der Waals surface area contributed by atoms with Crippen LogP contribution < -0.4 is 15.5 Å². The van der Waals surface area contributed by atoms with Crippen LogP contribution in [0, 0.1) is 0 Å². The second kappa shape index (κ2) is 10.3. The maximum atomic E-state index is 11.9. The van der Waals surface area contributed by atoms with Gasteiger partial charge in [0.05, 0.1) is 6.21 Å². The Labute approximate surface area is 158 Å². The summed E-state index contributed by atoms with van der Waals surface area (Å²) in [6.07, 6.45) is 4.26. The molecule has 27 heavy (non-hydrogen) atoms. The van der Waals surface area contributed by atoms with E-state index < -0.39 is 11.8 Å². The summed E-state index contributed by atoms with van der Waals surface area (Å²) in [5, 5.41) is 6.32. The van der Waals surface area contributed by atoms with Crippen molar-refractivity contribution in [1.29, 1.82) is 0 Å². The average Bonchev–Trinajstić information content (AvgIpc) is 3.21. The van der Waals surface area contributed by atoms with Gasteiger partial charge in [0.25, 0.3) is 5.91 Å². The van der Waals surface area contributed by atoms with Gasteiger partial charge in [-0.2, -0.15) is 5.10 Å². The minimum Gasteiger partial charge on any atom is -0.484 e. The number of amides is 3. The third-order valence-electron chi connectivity index (χ3n) is 4.28. The van der Waals surface area contributed by atoms with E-state index in [-0.39, 0.29) is 18.6 Å². The molecule has 2 rings (SSSR count). The molecule has 3 amide bonds. The van der Waals surface area contributed by atoms with Gasteiger partial charge in [-0.15, -0.1) is 0 Å². The first kappa shape index (κ1) is 20.4. The van der Waals surface area contributed by atoms with Crippen molar-refractivity contribution < 1.29 is 19.1 Å². The molecule has 1 aromatic carbocycles. The fraction of sp³-hybridized carbons (Fsp3) is 0.474. The minimum atomic E-state index is -0.813. The number of nitrogens with zero attached hydrogens (tertiary/aromatic N) is 2. The van der Waals surface area contributed by atoms with Gasteiger partial charge in [-0.25, -0.2) is 5.43 Å². The number of hydrogen-bond acceptors (Lipinski definition) is 5. The Kier molecular flexibility index (Phi) is 7.79. The van der Waals surface area contributed by atoms with E-state index in [1.54, 1.807) is 29.2 Å². The lowest BCUT2D eigenvalue weighted by molar-refractivity contribution is -0.139. The summed E-state index contributed by atoms with van der Waals surface area (Å²) < 4.78 is 5.50. The fourth-order valence-electron chi connectivity index (χ4n) is 2.46. The summed E-state index contributed by atoms with van der Waals surface area (Å²) in [6.45, 7) is 5.36. The number of benzene rings is 1. The molecule has 0 radical (unpaired) electrons. The van der Waals surface area contributed by atoms with E-state index in [2.05, 4.69) is 15.8 Å². The Balaban J connectivity index is 1.75. The smallest absolute Gasteiger partial charge is 0.329 e. The Morgan fingerprint density at radius 1 is 1.19 bits per heavy atom. The third-order valence-corrected chi connectivity index (χ3v) is 4.28. The molecule has 1 aliphatic rings. The number of hydrazone groups is 1. The van der Waals surface area contributed by atoms with Crippen LogP contribution in [-0.4, -0.2) is 54.6 Å². The van der Waals surface area contributed by atoms with Gasteiger partial charge < -0.3 is 15.0 Å². The zero-order chi connectivity index (χ0) is 19.6. The standard InChI is InChI=1S/C19H26N4O4/c1-3-14(2)21-18(25)19(26)22-20-12-15-6-8-16(9-7-15)27-13-17(24)23-10-4-5-11-23/h6-9,12,14H,3-5,10-11,13H2,1-2H3,(H,21,25)(H,22,26)/b20-12-/t14-/m0/s1. The van der Waals surface area contributed by atoms with E-state index in [1.165, 1.54) is 6.21 Å². The summed E-state index contributed by atoms with van der Waals surface area (Å²) in [4.78, 5) is 36.9. The van der Waals surface area contributed by atoms with Crippen LogP contribution in [0.4, 0.5) is 0 Å². The highest BCUT2D eigenvalue weighted by Gasteiger charge is 2.18. The Hall–Kier alpha value is -2.90. The lowest BCUT2D eigenvalue weighted by Gasteiger charge is -2.15. The van der Waals surface area contributed by atoms with E-state index in [1.807, 2.05) is 13.8 Å². The molecule has 1 aliphatic heterocycles. The van der Waals surface area contributed by atoms with Crippen molar-refractivity contribution in [3.63, 3.8) is 0 Å². The molecule has 0 spiro atoms. The fourth-order valence-corrected chi connectivity index (χ4v) is 2.46. The van der Waals surface area contributed by atoms with Crippen LogP contribution in [-0.2, 0) is 14.4 Å². The summed E-state index contributed by atoms with van der Waals surface area (Å²) in [7, 11) is 0. The number of hydrogen-bond donors (Lipinski definition) is 2. The molecule has 0 saturated carbocycles. The molecule has 0 bridgehead atoms. The SMILES string of the molecule is CC[C@H](C)NC(=O)C(=O)N/N=C\c1ccc(OCC(=O)N2CCCC2)cc1. The number of carbonyl (C=O) groups excluding carboxylic acids is 3. The quantitative estimate of drug-likeness (QED) is 0.423. The van der Waals surface area contributed by atoms with E-state index in [0.29, 0.717) is 5.75 Å². The second-order valence-corrected chi connectivity index (χ2v) is 6.43. The summed E-state index contributed by atoms with van der Waals surface area (Å²) >= 11 is 0. The first-order valence-electron chi connectivity index (χ1n) is 9.14. The molecular weight excluding hydrogens is 348 g/mol. The first-order valence-corrected chi connectivity index (χ1v) is 9.14. The Bertz CT molecular complexity index is 681. The molecule has 1 fully saturated rings. The molecule has 0 aliphatic carbocycles. The summed E-state index contributed by atoms with van der Waals surface area (Å²) in [5.74, 6) is -0.951. The molecule has 8 nitrogen and oxygen atoms in total. The molecule has 146 valence electrons. The van der Waals surface area contributed by atoms with Crippen molar-refractivity contribution in [3.05, 3.63) is 29.8 Å². The van der Waals surface area contributed by atoms with Gasteiger partial charge in [0.1, 0.15) is 5.75 Å². The van der Waals surface area contributed by atoms with Gasteiger partial charge in [-0.3, -0.25) is 14.4 Å². The van der Waals surface area contributed by atoms with Crippen LogP contribution in [0.2, 0.25) is 0 Å². The van der Waals surface area contributed by atoms with Crippen LogP contribution in [0.15, 0.2) is 29.4 Å². The van der Waals surface area contributed by atoms with Crippen LogP contribution in [0.5, 0.6) is 5.75 Å². The van der Waals surface area contributed by atoms with Crippen LogP contribution in [0.1, 0.15) is 38.7 Å². The highest BCUT2D eigenvalue weighted by Crippen LogP contribution is 2.12. The molecule has 1 saturated heterocycles. The molecule has 0 aromatic heterocycles. The number of carbonyl (C=O) groups is 3. The van der Waals surface area contributed by atoms with Crippen LogP contribution >= 0.6 is 0 Å². The molecule has 0 unspecified atom stereocenters. The molecule has 1 aromatic rings. The molecule has 8 heteroatoms. The zero-order valence-corrected chi connectivity index (χ0v) is 15.7. The minimum absolute atomic E-state index is 0.00322. The molecule has 1 heterocycles. The van der Waals surface area contributed by atoms with Crippen LogP contribution in [0.3, 0.4) is 0 Å². The van der Waals surface area contributed by atoms with Crippen molar-refractivity contribution in [3.8, 4) is 5.75 Å². The van der Waals surface area contributed by atoms with E-state index in [0.717, 1.165) is 37.9 Å². The van der Waals surface area contributed by atoms with Crippen molar-refractivity contribution >= 4 is 23.9 Å². The predicted octanol–water partition coefficient (Wildman–Crippen LogP) is 1.05. The van der Waals surface area contributed by atoms with E-state index in [4.69, 9.17) is 4.74 Å². The van der Waals surface area contributed by atoms with Crippen molar-refractivity contribution in [2.24, 2.45) is 5.10 Å². The normalized spacial score (nSPS) is 14.8. The third kappa shape index (κ3) is 6.73. The monoisotopic (exact) mass is 374 g/mol. The van der Waals surface area contributed by atoms with E-state index >= 15 is 0 Å². The van der Waals surface area contributed by atoms with Gasteiger partial charge in [0.2, 0.25) is 0 Å². The first-order chi connectivity index (χ1) is 13.0. The second-order valence-electron chi connectivity index (χ2n) is 6.43. The van der Waals surface area contributed by atoms with Gasteiger partial charge in [0, 0.05) is 19.1 Å². The van der Waals surface area contributed by atoms with Gasteiger partial charge in [-0.1, -0.05) is 6.92 Å². The number of nitrogens with one attached hydrogen (secondary N) is 2. The lowest BCUT2D eigenvalue weighted by atomic mass is 10.2. The number of ether oxygens (including phenoxy) is 1. The average molecular weight is 374 g/mol. The van der Waals surface area contributed by atoms with E-state index in [9.17, 15) is 14.4 Å². The number of likely N-dealkylation sites (tertiary alicyclic amines) is 1. The Morgan fingerprint density at radius 2 is 1.85 bits per heavy atom. The van der Waals surface area contributed by atoms with Crippen LogP contribution in [0.25, 0.3) is 0 Å². The Morgan fingerprint density at radius 3 is 2.48 bits per heavy atom. The number of rotatable bonds is 7. The summed E-state index contributed by atoms with van der Waals surface area (Å²) in [6, 6.07) is 6.85. The van der Waals surface area contributed by atoms with Gasteiger partial charge in [-0.05, 0) is 56.0 Å². The highest BCUT2D eigenvalue weighted by atomic mass is 16.5. The lowest BCUT2D eigenvalue weighted by Crippen LogP contribution is -2.41. The molecule has 1 atom stereocenters. The van der Waals surface area contributed by atoms with Crippen molar-refractivity contribution in [1.82, 2.24) is 15.6 Å². The predicted molar refractivity (Wildman–Crippen MR) is 101 cm³/mol. The largest absolute Gasteiger partial charge is 0.484 e. The maximum Gasteiger partial charge on any atom is 0.329 e. The molecule has 2 N–H and O–H groups in total. The van der Waals surface area contributed by atoms with Crippen molar-refractivity contribution in [2.45, 2.75) is 39.2 Å². The zero-order valence-electron chi connectivity index (χ0n) is 15.7. The van der Waals surface area contributed by atoms with Crippen molar-refractivity contribution in [2.75, 3.05) is 19.7 Å². The summed E-state index contributed by atoms with van der Waals surface area (Å²) in [5.41, 5.74) is 2.90.